The topological polar surface area (TPSA) is 69.6 Å². The average molecular weight is 706 g/mol. The van der Waals surface area contributed by atoms with Gasteiger partial charge in [-0.1, -0.05) is 0 Å². The zero-order valence-corrected chi connectivity index (χ0v) is 19.2. The molecule has 0 spiro atoms. The normalized spacial score (nSPS) is 17.4. The highest BCUT2D eigenvalue weighted by atomic mass is 31.1. The lowest BCUT2D eigenvalue weighted by atomic mass is 9.82. The maximum absolute atomic E-state index is 13.7. The van der Waals surface area contributed by atoms with E-state index in [0.29, 0.717) is 0 Å². The minimum Gasteiger partial charge on any atom is -0.566 e. The van der Waals surface area contributed by atoms with Gasteiger partial charge in [-0.3, -0.25) is 0 Å². The van der Waals surface area contributed by atoms with Crippen LogP contribution >= 0.6 is 8.25 Å². The summed E-state index contributed by atoms with van der Waals surface area (Å²) in [6.07, 6.45) is -24.1. The summed E-state index contributed by atoms with van der Waals surface area (Å²) in [5, 5.41) is 8.85. The Morgan fingerprint density at radius 2 is 0.786 bits per heavy atom. The van der Waals surface area contributed by atoms with Gasteiger partial charge in [-0.15, -0.1) is 4.52 Å². The summed E-state index contributed by atoms with van der Waals surface area (Å²) < 4.78 is 319. The fourth-order valence-electron chi connectivity index (χ4n) is 2.58. The molecule has 4 nitrogen and oxygen atoms in total. The van der Waals surface area contributed by atoms with E-state index in [1.165, 1.54) is 0 Å². The van der Waals surface area contributed by atoms with Crippen LogP contribution in [0.1, 0.15) is 6.42 Å². The summed E-state index contributed by atoms with van der Waals surface area (Å²) in [6.45, 7) is -2.12. The van der Waals surface area contributed by atoms with E-state index >= 15 is 0 Å². The molecule has 0 radical (unpaired) electrons. The fraction of sp³-hybridized carbons (Fsp3) is 1.00. The molecule has 0 saturated heterocycles. The van der Waals surface area contributed by atoms with Crippen molar-refractivity contribution in [2.24, 2.45) is 0 Å². The van der Waals surface area contributed by atoms with Gasteiger partial charge in [-0.25, -0.2) is 4.39 Å². The highest BCUT2D eigenvalue weighted by Crippen LogP contribution is 2.67. The molecule has 0 aliphatic rings. The van der Waals surface area contributed by atoms with Gasteiger partial charge < -0.3 is 10.00 Å². The van der Waals surface area contributed by atoms with Crippen molar-refractivity contribution in [2.45, 2.75) is 77.9 Å². The van der Waals surface area contributed by atoms with Crippen LogP contribution < -0.4 is 4.89 Å². The van der Waals surface area contributed by atoms with E-state index in [1.807, 2.05) is 0 Å². The highest BCUT2D eigenvalue weighted by Gasteiger charge is 3.00. The first kappa shape index (κ1) is 40.4. The lowest BCUT2D eigenvalue weighted by molar-refractivity contribution is -0.481. The molecule has 0 aromatic carbocycles. The molecule has 0 amide bonds. The van der Waals surface area contributed by atoms with Crippen molar-refractivity contribution in [3.63, 3.8) is 0 Å². The number of aliphatic hydroxyl groups excluding tert-OH is 1. The van der Waals surface area contributed by atoms with Gasteiger partial charge in [0.25, 0.3) is 0 Å². The molecule has 0 aromatic rings. The number of hydrogen-bond donors (Lipinski definition) is 1. The van der Waals surface area contributed by atoms with Crippen LogP contribution in [0.5, 0.6) is 0 Å². The van der Waals surface area contributed by atoms with E-state index in [-0.39, 0.29) is 0 Å². The summed E-state index contributed by atoms with van der Waals surface area (Å²) in [5.41, 5.74) is -9.09. The van der Waals surface area contributed by atoms with E-state index in [1.54, 1.807) is 0 Å². The summed E-state index contributed by atoms with van der Waals surface area (Å²) in [7, 11) is -4.16. The molecule has 28 heteroatoms. The van der Waals surface area contributed by atoms with Crippen LogP contribution in [-0.4, -0.2) is 83.2 Å². The molecule has 0 fully saturated rings. The van der Waals surface area contributed by atoms with E-state index < -0.39 is 92.8 Å². The van der Waals surface area contributed by atoms with Crippen LogP contribution in [0, 0.1) is 0 Å². The fourth-order valence-corrected chi connectivity index (χ4v) is 2.87. The Bertz CT molecular complexity index is 971. The largest absolute Gasteiger partial charge is 0.566 e. The number of aliphatic hydroxyl groups is 1. The third-order valence-corrected chi connectivity index (χ3v) is 5.26. The number of alkyl halides is 23. The minimum atomic E-state index is -9.57. The second-order valence-corrected chi connectivity index (χ2v) is 8.46. The van der Waals surface area contributed by atoms with Crippen LogP contribution in [-0.2, 0) is 9.09 Å². The standard InChI is InChI=1S/C14H6F23O4P/c15-4(16,1-3(38)2-41-42(39)40)6(18,19)8(22,23)10(26,27)12(30,31)11(28,29)9(24,25)7(20,21)5(17,13(32,33)34)14(35,36)37/h3,38H,1-2H2. The first-order valence-electron chi connectivity index (χ1n) is 9.11. The number of rotatable bonds is 13. The predicted octanol–water partition coefficient (Wildman–Crippen LogP) is 6.69. The van der Waals surface area contributed by atoms with Crippen molar-refractivity contribution in [3.8, 4) is 0 Å². The molecule has 0 aliphatic heterocycles. The Labute approximate surface area is 214 Å². The van der Waals surface area contributed by atoms with Gasteiger partial charge >= 0.3 is 73.7 Å². The lowest BCUT2D eigenvalue weighted by Gasteiger charge is -2.46. The highest BCUT2D eigenvalue weighted by molar-refractivity contribution is 7.30. The third-order valence-electron chi connectivity index (χ3n) is 4.90. The Hall–Kier alpha value is -1.63. The monoisotopic (exact) mass is 706 g/mol. The zero-order valence-electron chi connectivity index (χ0n) is 18.3. The lowest BCUT2D eigenvalue weighted by Crippen LogP contribution is -2.79. The molecule has 0 saturated carbocycles. The molecule has 0 heterocycles. The van der Waals surface area contributed by atoms with E-state index in [9.17, 15) is 110 Å². The molecule has 0 bridgehead atoms. The van der Waals surface area contributed by atoms with Gasteiger partial charge in [0.05, 0.1) is 6.10 Å². The van der Waals surface area contributed by atoms with Crippen molar-refractivity contribution in [1.82, 2.24) is 0 Å². The van der Waals surface area contributed by atoms with E-state index in [2.05, 4.69) is 4.52 Å². The first-order valence-corrected chi connectivity index (χ1v) is 10.2. The van der Waals surface area contributed by atoms with Gasteiger partial charge in [0.1, 0.15) is 6.61 Å². The second kappa shape index (κ2) is 10.8. The summed E-state index contributed by atoms with van der Waals surface area (Å²) >= 11 is 0. The SMILES string of the molecule is O=[P+]([O-])OCC(O)CC(F)(F)C(F)(F)C(F)(F)C(F)(F)C(F)(F)C(F)(F)C(F)(F)C(F)(F)C(F)(C(F)(F)F)C(F)(F)F. The number of halogens is 23. The maximum atomic E-state index is 13.7. The molecule has 0 aliphatic carbocycles. The van der Waals surface area contributed by atoms with Gasteiger partial charge in [-0.2, -0.15) is 96.6 Å². The van der Waals surface area contributed by atoms with Crippen molar-refractivity contribution in [3.05, 3.63) is 0 Å². The first-order chi connectivity index (χ1) is 17.8. The molecular weight excluding hydrogens is 700 g/mol. The predicted molar refractivity (Wildman–Crippen MR) is 79.7 cm³/mol. The quantitative estimate of drug-likeness (QED) is 0.171. The Morgan fingerprint density at radius 3 is 1.05 bits per heavy atom. The molecule has 0 rings (SSSR count). The van der Waals surface area contributed by atoms with Crippen LogP contribution in [0.15, 0.2) is 0 Å². The van der Waals surface area contributed by atoms with Gasteiger partial charge in [0, 0.05) is 6.42 Å². The zero-order chi connectivity index (χ0) is 34.8. The van der Waals surface area contributed by atoms with Crippen molar-refractivity contribution >= 4 is 8.25 Å². The van der Waals surface area contributed by atoms with Crippen molar-refractivity contribution < 1.29 is 120 Å². The van der Waals surface area contributed by atoms with Crippen molar-refractivity contribution in [1.29, 1.82) is 0 Å². The molecule has 42 heavy (non-hydrogen) atoms. The smallest absolute Gasteiger partial charge is 0.488 e. The summed E-state index contributed by atoms with van der Waals surface area (Å²) in [5.74, 6) is -71.8. The van der Waals surface area contributed by atoms with Crippen LogP contribution in [0.2, 0.25) is 0 Å². The Kier molecular flexibility index (Phi) is 10.3. The van der Waals surface area contributed by atoms with Crippen LogP contribution in [0.25, 0.3) is 0 Å². The molecular formula is C14H6F23O4P. The molecule has 2 atom stereocenters. The molecule has 1 N–H and O–H groups in total. The second-order valence-electron chi connectivity index (χ2n) is 7.76. The molecule has 0 aromatic heterocycles. The van der Waals surface area contributed by atoms with Crippen LogP contribution in [0.3, 0.4) is 0 Å². The molecule has 2 unspecified atom stereocenters. The van der Waals surface area contributed by atoms with Gasteiger partial charge in [0.15, 0.2) is 0 Å². The summed E-state index contributed by atoms with van der Waals surface area (Å²) in [4.78, 5) is 10.0. The average Bonchev–Trinajstić information content (AvgIpc) is 2.74. The Morgan fingerprint density at radius 1 is 0.524 bits per heavy atom. The maximum Gasteiger partial charge on any atom is 0.488 e. The summed E-state index contributed by atoms with van der Waals surface area (Å²) in [6, 6.07) is 0. The van der Waals surface area contributed by atoms with Gasteiger partial charge in [0.2, 0.25) is 0 Å². The molecule has 252 valence electrons. The number of hydrogen-bond acceptors (Lipinski definition) is 4. The van der Waals surface area contributed by atoms with E-state index in [0.717, 1.165) is 0 Å². The third kappa shape index (κ3) is 5.54. The minimum absolute atomic E-state index is 2.12. The Balaban J connectivity index is 7.13. The van der Waals surface area contributed by atoms with Gasteiger partial charge in [-0.05, 0) is 4.57 Å². The van der Waals surface area contributed by atoms with E-state index in [4.69, 9.17) is 5.11 Å². The van der Waals surface area contributed by atoms with Crippen molar-refractivity contribution in [2.75, 3.05) is 6.61 Å². The van der Waals surface area contributed by atoms with Crippen LogP contribution in [0.4, 0.5) is 101 Å².